The van der Waals surface area contributed by atoms with E-state index in [4.69, 9.17) is 5.11 Å². The summed E-state index contributed by atoms with van der Waals surface area (Å²) in [7, 11) is 0. The molecule has 0 bridgehead atoms. The van der Waals surface area contributed by atoms with E-state index in [1.165, 1.54) is 11.8 Å². The molecule has 1 heterocycles. The van der Waals surface area contributed by atoms with Gasteiger partial charge in [0.1, 0.15) is 6.04 Å². The summed E-state index contributed by atoms with van der Waals surface area (Å²) in [5.41, 5.74) is 0.712. The number of aryl methyl sites for hydroxylation is 1. The van der Waals surface area contributed by atoms with Gasteiger partial charge in [-0.1, -0.05) is 0 Å². The number of aliphatic carboxylic acids is 1. The van der Waals surface area contributed by atoms with Crippen molar-refractivity contribution in [1.29, 1.82) is 0 Å². The maximum absolute atomic E-state index is 11.6. The molecule has 98 valence electrons. The summed E-state index contributed by atoms with van der Waals surface area (Å²) in [4.78, 5) is 30.4. The van der Waals surface area contributed by atoms with Crippen LogP contribution < -0.4 is 5.32 Å². The highest BCUT2D eigenvalue weighted by Crippen LogP contribution is 2.00. The summed E-state index contributed by atoms with van der Waals surface area (Å²) in [6.45, 7) is 0. The molecule has 2 N–H and O–H groups in total. The molecule has 0 spiro atoms. The fourth-order valence-electron chi connectivity index (χ4n) is 1.31. The maximum atomic E-state index is 11.6. The standard InChI is InChI=1S/C11H15N3O3S/c1-18-7-9(11(16)17)14-10(15)3-2-8-6-12-4-5-13-8/h4-6,9H,2-3,7H2,1H3,(H,14,15)(H,16,17)/t9-/m0/s1. The molecular formula is C11H15N3O3S. The van der Waals surface area contributed by atoms with E-state index < -0.39 is 12.0 Å². The van der Waals surface area contributed by atoms with Gasteiger partial charge in [-0.25, -0.2) is 4.79 Å². The van der Waals surface area contributed by atoms with Crippen molar-refractivity contribution in [3.63, 3.8) is 0 Å². The number of carboxylic acid groups (broad SMARTS) is 1. The number of carboxylic acids is 1. The van der Waals surface area contributed by atoms with Gasteiger partial charge in [0.05, 0.1) is 5.69 Å². The molecule has 0 saturated heterocycles. The second-order valence-electron chi connectivity index (χ2n) is 3.61. The maximum Gasteiger partial charge on any atom is 0.327 e. The topological polar surface area (TPSA) is 92.2 Å². The molecule has 0 aromatic carbocycles. The molecule has 7 heteroatoms. The minimum atomic E-state index is -1.02. The van der Waals surface area contributed by atoms with Crippen LogP contribution in [0.4, 0.5) is 0 Å². The predicted octanol–water partition coefficient (Wildman–Crippen LogP) is 0.342. The van der Waals surface area contributed by atoms with Gasteiger partial charge >= 0.3 is 5.97 Å². The number of nitrogens with zero attached hydrogens (tertiary/aromatic N) is 2. The Kier molecular flexibility index (Phi) is 6.13. The lowest BCUT2D eigenvalue weighted by atomic mass is 10.2. The van der Waals surface area contributed by atoms with Crippen LogP contribution in [-0.2, 0) is 16.0 Å². The van der Waals surface area contributed by atoms with Gasteiger partial charge in [-0.15, -0.1) is 0 Å². The molecule has 1 aromatic rings. The van der Waals surface area contributed by atoms with E-state index >= 15 is 0 Å². The Morgan fingerprint density at radius 2 is 2.28 bits per heavy atom. The van der Waals surface area contributed by atoms with Crippen LogP contribution in [0.2, 0.25) is 0 Å². The van der Waals surface area contributed by atoms with E-state index in [0.717, 1.165) is 0 Å². The number of rotatable bonds is 7. The number of carbonyl (C=O) groups excluding carboxylic acids is 1. The fraction of sp³-hybridized carbons (Fsp3) is 0.455. The molecular weight excluding hydrogens is 254 g/mol. The number of aromatic nitrogens is 2. The van der Waals surface area contributed by atoms with E-state index in [2.05, 4.69) is 15.3 Å². The average molecular weight is 269 g/mol. The van der Waals surface area contributed by atoms with Gasteiger partial charge in [0.15, 0.2) is 0 Å². The Morgan fingerprint density at radius 1 is 1.50 bits per heavy atom. The van der Waals surface area contributed by atoms with E-state index in [0.29, 0.717) is 17.9 Å². The molecule has 0 radical (unpaired) electrons. The molecule has 1 atom stereocenters. The monoisotopic (exact) mass is 269 g/mol. The third kappa shape index (κ3) is 5.13. The van der Waals surface area contributed by atoms with Gasteiger partial charge < -0.3 is 10.4 Å². The van der Waals surface area contributed by atoms with Crippen molar-refractivity contribution < 1.29 is 14.7 Å². The smallest absolute Gasteiger partial charge is 0.327 e. The first-order valence-corrected chi connectivity index (χ1v) is 6.79. The van der Waals surface area contributed by atoms with Crippen molar-refractivity contribution in [1.82, 2.24) is 15.3 Å². The number of hydrogen-bond acceptors (Lipinski definition) is 5. The summed E-state index contributed by atoms with van der Waals surface area (Å²) in [6.07, 6.45) is 7.15. The highest BCUT2D eigenvalue weighted by molar-refractivity contribution is 7.98. The second-order valence-corrected chi connectivity index (χ2v) is 4.52. The highest BCUT2D eigenvalue weighted by atomic mass is 32.2. The van der Waals surface area contributed by atoms with Crippen LogP contribution in [0.3, 0.4) is 0 Å². The number of hydrogen-bond donors (Lipinski definition) is 2. The Labute approximate surface area is 109 Å². The molecule has 0 fully saturated rings. The van der Waals surface area contributed by atoms with Crippen molar-refractivity contribution in [3.8, 4) is 0 Å². The van der Waals surface area contributed by atoms with Crippen LogP contribution in [0.25, 0.3) is 0 Å². The molecule has 18 heavy (non-hydrogen) atoms. The van der Waals surface area contributed by atoms with E-state index in [9.17, 15) is 9.59 Å². The summed E-state index contributed by atoms with van der Waals surface area (Å²) < 4.78 is 0. The number of nitrogens with one attached hydrogen (secondary N) is 1. The normalized spacial score (nSPS) is 11.8. The first kappa shape index (κ1) is 14.4. The lowest BCUT2D eigenvalue weighted by molar-refractivity contribution is -0.141. The molecule has 0 aliphatic carbocycles. The lowest BCUT2D eigenvalue weighted by Gasteiger charge is -2.12. The van der Waals surface area contributed by atoms with Gasteiger partial charge in [0, 0.05) is 30.8 Å². The SMILES string of the molecule is CSC[C@H](NC(=O)CCc1cnccn1)C(=O)O. The van der Waals surface area contributed by atoms with Gasteiger partial charge in [0.25, 0.3) is 0 Å². The molecule has 1 amide bonds. The van der Waals surface area contributed by atoms with Gasteiger partial charge in [-0.2, -0.15) is 11.8 Å². The zero-order chi connectivity index (χ0) is 13.4. The molecule has 0 aliphatic rings. The van der Waals surface area contributed by atoms with E-state index in [1.807, 2.05) is 0 Å². The first-order chi connectivity index (χ1) is 8.63. The predicted molar refractivity (Wildman–Crippen MR) is 68.3 cm³/mol. The molecule has 1 rings (SSSR count). The number of carbonyl (C=O) groups is 2. The molecule has 0 saturated carbocycles. The number of amides is 1. The fourth-order valence-corrected chi connectivity index (χ4v) is 1.87. The van der Waals surface area contributed by atoms with E-state index in [-0.39, 0.29) is 12.3 Å². The summed E-state index contributed by atoms with van der Waals surface area (Å²) in [5, 5.41) is 11.4. The Bertz CT molecular complexity index is 400. The largest absolute Gasteiger partial charge is 0.480 e. The Hall–Kier alpha value is -1.63. The van der Waals surface area contributed by atoms with Crippen LogP contribution in [-0.4, -0.2) is 45.0 Å². The van der Waals surface area contributed by atoms with Crippen molar-refractivity contribution in [2.75, 3.05) is 12.0 Å². The minimum Gasteiger partial charge on any atom is -0.480 e. The third-order valence-electron chi connectivity index (χ3n) is 2.19. The van der Waals surface area contributed by atoms with E-state index in [1.54, 1.807) is 24.8 Å². The van der Waals surface area contributed by atoms with Crippen LogP contribution >= 0.6 is 11.8 Å². The first-order valence-electron chi connectivity index (χ1n) is 5.39. The zero-order valence-electron chi connectivity index (χ0n) is 10.00. The Balaban J connectivity index is 2.39. The molecule has 0 aliphatic heterocycles. The summed E-state index contributed by atoms with van der Waals surface area (Å²) in [5.74, 6) is -0.953. The van der Waals surface area contributed by atoms with Crippen molar-refractivity contribution in [3.05, 3.63) is 24.3 Å². The zero-order valence-corrected chi connectivity index (χ0v) is 10.8. The number of thioether (sulfide) groups is 1. The van der Waals surface area contributed by atoms with Crippen LogP contribution in [0.15, 0.2) is 18.6 Å². The van der Waals surface area contributed by atoms with Crippen molar-refractivity contribution >= 4 is 23.6 Å². The molecule has 0 unspecified atom stereocenters. The van der Waals surface area contributed by atoms with Gasteiger partial charge in [-0.05, 0) is 12.7 Å². The van der Waals surface area contributed by atoms with Crippen molar-refractivity contribution in [2.24, 2.45) is 0 Å². The third-order valence-corrected chi connectivity index (χ3v) is 2.86. The molecule has 6 nitrogen and oxygen atoms in total. The van der Waals surface area contributed by atoms with Crippen LogP contribution in [0, 0.1) is 0 Å². The van der Waals surface area contributed by atoms with Crippen molar-refractivity contribution in [2.45, 2.75) is 18.9 Å². The van der Waals surface area contributed by atoms with Gasteiger partial charge in [-0.3, -0.25) is 14.8 Å². The summed E-state index contributed by atoms with van der Waals surface area (Å²) >= 11 is 1.38. The van der Waals surface area contributed by atoms with Gasteiger partial charge in [0.2, 0.25) is 5.91 Å². The summed E-state index contributed by atoms with van der Waals surface area (Å²) in [6, 6.07) is -0.839. The average Bonchev–Trinajstić information content (AvgIpc) is 2.37. The minimum absolute atomic E-state index is 0.205. The second kappa shape index (κ2) is 7.65. The van der Waals surface area contributed by atoms with Crippen LogP contribution in [0.1, 0.15) is 12.1 Å². The molecule has 1 aromatic heterocycles. The highest BCUT2D eigenvalue weighted by Gasteiger charge is 2.18. The van der Waals surface area contributed by atoms with Crippen LogP contribution in [0.5, 0.6) is 0 Å². The lowest BCUT2D eigenvalue weighted by Crippen LogP contribution is -2.42. The Morgan fingerprint density at radius 3 is 2.83 bits per heavy atom. The quantitative estimate of drug-likeness (QED) is 0.741.